The van der Waals surface area contributed by atoms with Gasteiger partial charge in [-0.25, -0.2) is 8.42 Å². The number of methoxy groups -OCH3 is 2. The van der Waals surface area contributed by atoms with Crippen LogP contribution in [0.4, 0.5) is 0 Å². The molecule has 3 aromatic rings. The first-order chi connectivity index (χ1) is 17.2. The van der Waals surface area contributed by atoms with Gasteiger partial charge in [-0.2, -0.15) is 9.30 Å². The van der Waals surface area contributed by atoms with Crippen LogP contribution in [0, 0.1) is 0 Å². The van der Waals surface area contributed by atoms with Crippen molar-refractivity contribution in [2.24, 2.45) is 4.99 Å². The van der Waals surface area contributed by atoms with Crippen LogP contribution in [0.15, 0.2) is 46.3 Å². The number of benzene rings is 2. The highest BCUT2D eigenvalue weighted by atomic mass is 32.2. The van der Waals surface area contributed by atoms with E-state index in [1.54, 1.807) is 37.5 Å². The fourth-order valence-corrected chi connectivity index (χ4v) is 6.10. The molecule has 1 amide bonds. The number of thiazole rings is 1. The third-order valence-electron chi connectivity index (χ3n) is 5.42. The maximum absolute atomic E-state index is 13.0. The van der Waals surface area contributed by atoms with Crippen molar-refractivity contribution in [3.63, 3.8) is 0 Å². The maximum atomic E-state index is 13.0. The molecule has 0 aliphatic heterocycles. The SMILES string of the molecule is CCOC(=O)Cn1c(=NC(=O)c2ccc(S(=O)(=O)N(CC)CC)cc2)sc2cc(OC)c(OC)cc21. The Bertz CT molecular complexity index is 1420. The Morgan fingerprint density at radius 3 is 2.17 bits per heavy atom. The molecule has 0 saturated heterocycles. The Morgan fingerprint density at radius 1 is 1.00 bits per heavy atom. The summed E-state index contributed by atoms with van der Waals surface area (Å²) in [4.78, 5) is 29.9. The minimum atomic E-state index is -3.64. The van der Waals surface area contributed by atoms with Gasteiger partial charge in [-0.15, -0.1) is 0 Å². The van der Waals surface area contributed by atoms with Crippen molar-refractivity contribution < 1.29 is 32.2 Å². The molecule has 10 nitrogen and oxygen atoms in total. The zero-order chi connectivity index (χ0) is 26.5. The average molecular weight is 536 g/mol. The summed E-state index contributed by atoms with van der Waals surface area (Å²) in [7, 11) is -0.623. The van der Waals surface area contributed by atoms with E-state index in [0.717, 1.165) is 4.70 Å². The van der Waals surface area contributed by atoms with Crippen LogP contribution in [0.1, 0.15) is 31.1 Å². The van der Waals surface area contributed by atoms with Crippen molar-refractivity contribution in [2.75, 3.05) is 33.9 Å². The molecule has 0 atom stereocenters. The number of hydrogen-bond acceptors (Lipinski definition) is 8. The van der Waals surface area contributed by atoms with E-state index < -0.39 is 21.9 Å². The van der Waals surface area contributed by atoms with Crippen molar-refractivity contribution in [3.8, 4) is 11.5 Å². The Balaban J connectivity index is 2.07. The predicted octanol–water partition coefficient (Wildman–Crippen LogP) is 3.05. The smallest absolute Gasteiger partial charge is 0.326 e. The van der Waals surface area contributed by atoms with Crippen LogP contribution in [0.3, 0.4) is 0 Å². The topological polar surface area (TPSA) is 117 Å². The third-order valence-corrected chi connectivity index (χ3v) is 8.53. The van der Waals surface area contributed by atoms with Gasteiger partial charge in [0, 0.05) is 30.8 Å². The second kappa shape index (κ2) is 11.7. The van der Waals surface area contributed by atoms with E-state index in [1.165, 1.54) is 54.1 Å². The van der Waals surface area contributed by atoms with E-state index in [2.05, 4.69) is 4.99 Å². The number of nitrogens with zero attached hydrogens (tertiary/aromatic N) is 3. The number of esters is 1. The standard InChI is InChI=1S/C24H29N3O7S2/c1-6-26(7-2)36(30,31)17-11-9-16(10-12-17)23(29)25-24-27(15-22(28)34-8-3)18-13-19(32-4)20(33-5)14-21(18)35-24/h9-14H,6-8,15H2,1-5H3. The Morgan fingerprint density at radius 2 is 1.61 bits per heavy atom. The van der Waals surface area contributed by atoms with Gasteiger partial charge >= 0.3 is 5.97 Å². The minimum Gasteiger partial charge on any atom is -0.493 e. The molecular formula is C24H29N3O7S2. The molecule has 0 fully saturated rings. The average Bonchev–Trinajstić information content (AvgIpc) is 3.19. The molecule has 0 N–H and O–H groups in total. The molecule has 12 heteroatoms. The van der Waals surface area contributed by atoms with Crippen LogP contribution in [0.25, 0.3) is 10.2 Å². The molecule has 0 saturated carbocycles. The predicted molar refractivity (Wildman–Crippen MR) is 136 cm³/mol. The first kappa shape index (κ1) is 27.4. The van der Waals surface area contributed by atoms with Gasteiger partial charge in [0.15, 0.2) is 16.3 Å². The van der Waals surface area contributed by atoms with Crippen molar-refractivity contribution in [1.82, 2.24) is 8.87 Å². The second-order valence-electron chi connectivity index (χ2n) is 7.48. The normalized spacial score (nSPS) is 12.2. The summed E-state index contributed by atoms with van der Waals surface area (Å²) in [6, 6.07) is 9.10. The largest absolute Gasteiger partial charge is 0.493 e. The first-order valence-electron chi connectivity index (χ1n) is 11.3. The number of aromatic nitrogens is 1. The second-order valence-corrected chi connectivity index (χ2v) is 10.4. The number of ether oxygens (including phenoxy) is 3. The zero-order valence-electron chi connectivity index (χ0n) is 20.8. The maximum Gasteiger partial charge on any atom is 0.326 e. The van der Waals surface area contributed by atoms with Gasteiger partial charge in [0.25, 0.3) is 5.91 Å². The van der Waals surface area contributed by atoms with Gasteiger partial charge in [0.2, 0.25) is 10.0 Å². The summed E-state index contributed by atoms with van der Waals surface area (Å²) in [5.74, 6) is -0.0996. The van der Waals surface area contributed by atoms with Gasteiger partial charge in [0.1, 0.15) is 6.54 Å². The molecule has 0 aliphatic carbocycles. The van der Waals surface area contributed by atoms with E-state index in [0.29, 0.717) is 30.1 Å². The highest BCUT2D eigenvalue weighted by molar-refractivity contribution is 7.89. The zero-order valence-corrected chi connectivity index (χ0v) is 22.4. The summed E-state index contributed by atoms with van der Waals surface area (Å²) < 4.78 is 44.9. The lowest BCUT2D eigenvalue weighted by Gasteiger charge is -2.18. The van der Waals surface area contributed by atoms with Gasteiger partial charge in [-0.3, -0.25) is 9.59 Å². The highest BCUT2D eigenvalue weighted by Gasteiger charge is 2.22. The van der Waals surface area contributed by atoms with E-state index >= 15 is 0 Å². The molecule has 0 unspecified atom stereocenters. The van der Waals surface area contributed by atoms with Gasteiger partial charge in [0.05, 0.1) is 35.9 Å². The summed E-state index contributed by atoms with van der Waals surface area (Å²) in [6.07, 6.45) is 0. The Labute approximate surface area is 213 Å². The molecule has 0 spiro atoms. The molecule has 1 heterocycles. The van der Waals surface area contributed by atoms with Crippen LogP contribution in [-0.2, 0) is 26.1 Å². The van der Waals surface area contributed by atoms with Gasteiger partial charge in [-0.05, 0) is 31.2 Å². The molecule has 3 rings (SSSR count). The van der Waals surface area contributed by atoms with Crippen LogP contribution in [0.2, 0.25) is 0 Å². The molecule has 194 valence electrons. The van der Waals surface area contributed by atoms with Crippen molar-refractivity contribution >= 4 is 43.5 Å². The molecule has 1 aromatic heterocycles. The number of amides is 1. The Hall–Kier alpha value is -3.22. The van der Waals surface area contributed by atoms with Crippen molar-refractivity contribution in [2.45, 2.75) is 32.2 Å². The third kappa shape index (κ3) is 5.61. The number of sulfonamides is 1. The van der Waals surface area contributed by atoms with E-state index in [1.807, 2.05) is 0 Å². The van der Waals surface area contributed by atoms with Crippen LogP contribution in [-0.4, -0.2) is 63.1 Å². The van der Waals surface area contributed by atoms with E-state index in [9.17, 15) is 18.0 Å². The van der Waals surface area contributed by atoms with Gasteiger partial charge < -0.3 is 18.8 Å². The van der Waals surface area contributed by atoms with E-state index in [-0.39, 0.29) is 28.4 Å². The fourth-order valence-electron chi connectivity index (χ4n) is 3.60. The van der Waals surface area contributed by atoms with E-state index in [4.69, 9.17) is 14.2 Å². The molecular weight excluding hydrogens is 506 g/mol. The van der Waals surface area contributed by atoms with Gasteiger partial charge in [-0.1, -0.05) is 25.2 Å². The van der Waals surface area contributed by atoms with Crippen molar-refractivity contribution in [1.29, 1.82) is 0 Å². The molecule has 0 radical (unpaired) electrons. The van der Waals surface area contributed by atoms with Crippen molar-refractivity contribution in [3.05, 3.63) is 46.8 Å². The van der Waals surface area contributed by atoms with Crippen LogP contribution in [0.5, 0.6) is 11.5 Å². The highest BCUT2D eigenvalue weighted by Crippen LogP contribution is 2.33. The quantitative estimate of drug-likeness (QED) is 0.366. The van der Waals surface area contributed by atoms with Crippen LogP contribution >= 0.6 is 11.3 Å². The molecule has 0 aliphatic rings. The Kier molecular flexibility index (Phi) is 8.88. The number of rotatable bonds is 10. The first-order valence-corrected chi connectivity index (χ1v) is 13.6. The lowest BCUT2D eigenvalue weighted by atomic mass is 10.2. The molecule has 36 heavy (non-hydrogen) atoms. The number of carbonyl (C=O) groups is 2. The summed E-state index contributed by atoms with van der Waals surface area (Å²) in [6.45, 7) is 5.98. The minimum absolute atomic E-state index is 0.0983. The molecule has 2 aromatic carbocycles. The lowest BCUT2D eigenvalue weighted by molar-refractivity contribution is -0.143. The monoisotopic (exact) mass is 535 g/mol. The fraction of sp³-hybridized carbons (Fsp3) is 0.375. The summed E-state index contributed by atoms with van der Waals surface area (Å²) in [5.41, 5.74) is 0.835. The number of hydrogen-bond donors (Lipinski definition) is 0. The lowest BCUT2D eigenvalue weighted by Crippen LogP contribution is -2.30. The molecule has 0 bridgehead atoms. The number of carbonyl (C=O) groups excluding carboxylic acids is 2. The summed E-state index contributed by atoms with van der Waals surface area (Å²) >= 11 is 1.20. The van der Waals surface area contributed by atoms with Crippen LogP contribution < -0.4 is 14.3 Å². The summed E-state index contributed by atoms with van der Waals surface area (Å²) in [5, 5.41) is 0. The number of fused-ring (bicyclic) bond motifs is 1.